The second-order valence-electron chi connectivity index (χ2n) is 21.1. The first-order chi connectivity index (χ1) is 43.4. The zero-order valence-electron chi connectivity index (χ0n) is 49.8. The molecule has 2 aliphatic carbocycles. The van der Waals surface area contributed by atoms with E-state index in [2.05, 4.69) is 30.6 Å². The minimum absolute atomic E-state index is 0.140. The van der Waals surface area contributed by atoms with Crippen LogP contribution >= 0.6 is 0 Å². The lowest BCUT2D eigenvalue weighted by molar-refractivity contribution is -0.314. The number of ether oxygens (including phenoxy) is 8. The number of aldehydes is 2. The SMILES string of the molecule is CN[C@@H]1[C@@H](O[C@@H]2[C@H](O[C@@H]3[C@H](O)[C@@H](O)[C@H](N=C(N)N)[C@H](O)[C@@H]3N=C(N)N)O[C@@H](C)[C@@]2(O)C=O)O[C@@H](CO)[C@H](O)[C@@H]1O.CN[C@@H]1[C@@H](O[C@H]2[C@H](O[C@H]3[C@H](O)[C@H](O)[C@H](N=C(N)N)[C@H](O)[C@@H]3N=C(N)N)O[C@@H](C)[C@@]2(O)C=O)O[C@@H](CO)[C@H](O)[C@H]1O.O=S(=O)(O)O.O=S(=O)(O)O.O=S(=O)(O)O. The number of hydrogen-bond donors (Lipinski definition) is 30. The molecule has 4 heterocycles. The van der Waals surface area contributed by atoms with Gasteiger partial charge >= 0.3 is 31.2 Å². The molecule has 6 aliphatic rings. The number of likely N-dealkylation sites (N-methyl/N-ethyl adjacent to an activating group) is 2. The molecule has 53 heteroatoms. The molecule has 556 valence electrons. The molecular weight excluding hydrogens is 1370 g/mol. The molecule has 6 rings (SSSR count). The van der Waals surface area contributed by atoms with Crippen molar-refractivity contribution in [1.82, 2.24) is 10.6 Å². The van der Waals surface area contributed by atoms with Gasteiger partial charge in [0.25, 0.3) is 0 Å². The average molecular weight is 1460 g/mol. The van der Waals surface area contributed by atoms with E-state index in [1.165, 1.54) is 27.9 Å². The number of nitrogens with zero attached hydrogens (tertiary/aromatic N) is 4. The molecule has 0 radical (unpaired) electrons. The molecule has 50 nitrogen and oxygen atoms in total. The Hall–Kier alpha value is -4.93. The predicted molar refractivity (Wildman–Crippen MR) is 308 cm³/mol. The highest BCUT2D eigenvalue weighted by molar-refractivity contribution is 7.80. The van der Waals surface area contributed by atoms with Gasteiger partial charge in [-0.15, -0.1) is 0 Å². The molecule has 2 saturated carbocycles. The Morgan fingerprint density at radius 2 is 0.674 bits per heavy atom. The van der Waals surface area contributed by atoms with E-state index in [9.17, 15) is 81.1 Å². The summed E-state index contributed by atoms with van der Waals surface area (Å²) in [6.45, 7) is 1.24. The molecule has 95 heavy (non-hydrogen) atoms. The van der Waals surface area contributed by atoms with Crippen molar-refractivity contribution in [3.8, 4) is 0 Å². The number of nitrogens with two attached hydrogens (primary N) is 8. The van der Waals surface area contributed by atoms with E-state index in [1.54, 1.807) is 0 Å². The summed E-state index contributed by atoms with van der Waals surface area (Å²) in [6, 6.07) is -8.16. The monoisotopic (exact) mass is 1460 g/mol. The van der Waals surface area contributed by atoms with Gasteiger partial charge in [0.1, 0.15) is 122 Å². The maximum Gasteiger partial charge on any atom is 0.394 e. The van der Waals surface area contributed by atoms with E-state index in [-0.39, 0.29) is 12.6 Å². The van der Waals surface area contributed by atoms with Crippen LogP contribution in [0.15, 0.2) is 20.0 Å². The molecule has 0 aromatic carbocycles. The molecule has 30 atom stereocenters. The topological polar surface area (TPSA) is 897 Å². The zero-order valence-corrected chi connectivity index (χ0v) is 52.3. The first-order valence-electron chi connectivity index (χ1n) is 26.9. The Labute approximate surface area is 537 Å². The van der Waals surface area contributed by atoms with Gasteiger partial charge in [0.15, 0.2) is 72.8 Å². The summed E-state index contributed by atoms with van der Waals surface area (Å²) < 4.78 is 141. The number of rotatable bonds is 18. The average Bonchev–Trinajstić information content (AvgIpc) is 1.68. The third kappa shape index (κ3) is 23.6. The summed E-state index contributed by atoms with van der Waals surface area (Å²) >= 11 is 0. The minimum Gasteiger partial charge on any atom is -0.394 e. The largest absolute Gasteiger partial charge is 0.394 e. The third-order valence-corrected chi connectivity index (χ3v) is 14.7. The normalized spacial score (nSPS) is 41.8. The fourth-order valence-electron chi connectivity index (χ4n) is 10.2. The number of aliphatic hydroxyl groups excluding tert-OH is 12. The molecule has 0 aromatic rings. The van der Waals surface area contributed by atoms with Crippen molar-refractivity contribution in [2.45, 2.75) is 196 Å². The van der Waals surface area contributed by atoms with Gasteiger partial charge in [0.05, 0.1) is 37.5 Å². The highest BCUT2D eigenvalue weighted by atomic mass is 32.3. The molecule has 0 spiro atoms. The van der Waals surface area contributed by atoms with Gasteiger partial charge in [-0.1, -0.05) is 0 Å². The molecule has 0 unspecified atom stereocenters. The van der Waals surface area contributed by atoms with Gasteiger partial charge in [-0.05, 0) is 27.9 Å². The highest BCUT2D eigenvalue weighted by Crippen LogP contribution is 2.41. The Bertz CT molecular complexity index is 2680. The number of aliphatic imine (C=N–C) groups is 4. The second kappa shape index (κ2) is 35.7. The van der Waals surface area contributed by atoms with Crippen LogP contribution in [-0.4, -0.2) is 370 Å². The smallest absolute Gasteiger partial charge is 0.394 e. The number of hydrogen-bond acceptors (Lipinski definition) is 36. The van der Waals surface area contributed by atoms with Gasteiger partial charge in [0, 0.05) is 0 Å². The van der Waals surface area contributed by atoms with Crippen LogP contribution in [0.4, 0.5) is 0 Å². The fraction of sp³-hybridized carbons (Fsp3) is 0.857. The minimum atomic E-state index is -4.67. The molecule has 4 saturated heterocycles. The Morgan fingerprint density at radius 1 is 0.421 bits per heavy atom. The van der Waals surface area contributed by atoms with Crippen molar-refractivity contribution >= 4 is 67.6 Å². The zero-order chi connectivity index (χ0) is 73.7. The van der Waals surface area contributed by atoms with Crippen molar-refractivity contribution in [2.24, 2.45) is 65.8 Å². The van der Waals surface area contributed by atoms with Crippen LogP contribution in [0, 0.1) is 0 Å². The number of nitrogens with one attached hydrogen (secondary N) is 2. The van der Waals surface area contributed by atoms with Gasteiger partial charge in [-0.2, -0.15) is 25.3 Å². The summed E-state index contributed by atoms with van der Waals surface area (Å²) in [5.41, 5.74) is 38.8. The number of carbonyl (C=O) groups excluding carboxylic acids is 2. The van der Waals surface area contributed by atoms with E-state index < -0.39 is 251 Å². The maximum atomic E-state index is 12.1. The first kappa shape index (κ1) is 86.2. The second-order valence-corrected chi connectivity index (χ2v) is 23.8. The molecule has 0 amide bonds. The predicted octanol–water partition coefficient (Wildman–Crippen LogP) is -18.3. The van der Waals surface area contributed by atoms with Gasteiger partial charge in [0.2, 0.25) is 0 Å². The summed E-state index contributed by atoms with van der Waals surface area (Å²) in [6.07, 6.45) is -34.6. The molecular formula is C42H84N14O36S3. The van der Waals surface area contributed by atoms with Crippen LogP contribution in [0.1, 0.15) is 13.8 Å². The Balaban J connectivity index is 0.000000531. The summed E-state index contributed by atoms with van der Waals surface area (Å²) in [7, 11) is -11.2. The molecule has 6 fully saturated rings. The van der Waals surface area contributed by atoms with Crippen LogP contribution in [-0.2, 0) is 78.7 Å². The van der Waals surface area contributed by atoms with Gasteiger partial charge in [-0.3, -0.25) is 36.9 Å². The highest BCUT2D eigenvalue weighted by Gasteiger charge is 2.63. The lowest BCUT2D eigenvalue weighted by atomic mass is 9.81. The van der Waals surface area contributed by atoms with Crippen LogP contribution < -0.4 is 56.5 Å². The van der Waals surface area contributed by atoms with Crippen molar-refractivity contribution in [1.29, 1.82) is 0 Å². The summed E-state index contributed by atoms with van der Waals surface area (Å²) in [4.78, 5) is 39.4. The van der Waals surface area contributed by atoms with Crippen molar-refractivity contribution < 1.29 is 172 Å². The van der Waals surface area contributed by atoms with Crippen LogP contribution in [0.25, 0.3) is 0 Å². The van der Waals surface area contributed by atoms with Crippen molar-refractivity contribution in [3.05, 3.63) is 0 Å². The quantitative estimate of drug-likeness (QED) is 0.0262. The van der Waals surface area contributed by atoms with Gasteiger partial charge < -0.3 is 166 Å². The van der Waals surface area contributed by atoms with Gasteiger partial charge in [-0.25, -0.2) is 20.0 Å². The number of carbonyl (C=O) groups is 2. The third-order valence-electron chi connectivity index (χ3n) is 14.7. The van der Waals surface area contributed by atoms with Crippen molar-refractivity contribution in [2.75, 3.05) is 27.3 Å². The van der Waals surface area contributed by atoms with E-state index in [1.807, 2.05) is 0 Å². The summed E-state index contributed by atoms with van der Waals surface area (Å²) in [5, 5.41) is 153. The van der Waals surface area contributed by atoms with Crippen LogP contribution in [0.2, 0.25) is 0 Å². The van der Waals surface area contributed by atoms with Crippen LogP contribution in [0.3, 0.4) is 0 Å². The fourth-order valence-corrected chi connectivity index (χ4v) is 10.2. The van der Waals surface area contributed by atoms with Crippen molar-refractivity contribution in [3.63, 3.8) is 0 Å². The molecule has 38 N–H and O–H groups in total. The molecule has 0 aromatic heterocycles. The van der Waals surface area contributed by atoms with E-state index >= 15 is 0 Å². The van der Waals surface area contributed by atoms with E-state index in [0.29, 0.717) is 0 Å². The molecule has 4 aliphatic heterocycles. The number of aliphatic hydroxyl groups is 14. The molecule has 0 bridgehead atoms. The lowest BCUT2D eigenvalue weighted by Gasteiger charge is -2.45. The summed E-state index contributed by atoms with van der Waals surface area (Å²) in [5.74, 6) is -2.07. The van der Waals surface area contributed by atoms with E-state index in [0.717, 1.165) is 0 Å². The van der Waals surface area contributed by atoms with E-state index in [4.69, 9.17) is 136 Å². The van der Waals surface area contributed by atoms with Crippen LogP contribution in [0.5, 0.6) is 0 Å². The standard InChI is InChI=1S/2C21H39N7O12.3H2O4S/c2*1-5-21(36,4-30)16(40-17-9(26-2)13(34)10(31)6(3-29)38-17)18(37-5)39-15-8(28-20(24)25)11(32)7(27-19(22)23)12(33)14(15)35;3*1-5(2,3)4/h2*4-18,26,29,31-36H,3H2,1-2H3,(H4,22,23,27)(H4,24,25,28);3*(H2,1,2,3,4)/t5-,6-,7+,8-,9-,10-,11-,12+,13-,14+,15+,16-,17+,18-,21-;5-,6-,7+,8-,9-,10-,11-,12-,13+,14+,15-,16+,17+,18-,21-;;;/m00.../s1. The Kier molecular flexibility index (Phi) is 32.4. The first-order valence-corrected chi connectivity index (χ1v) is 31.0. The Morgan fingerprint density at radius 3 is 0.895 bits per heavy atom. The lowest BCUT2D eigenvalue weighted by Crippen LogP contribution is -2.66. The maximum absolute atomic E-state index is 12.1. The number of guanidine groups is 4.